The minimum atomic E-state index is -0.585. The molecule has 4 aromatic heterocycles. The van der Waals surface area contributed by atoms with Crippen molar-refractivity contribution in [3.63, 3.8) is 0 Å². The third kappa shape index (κ3) is 8.09. The zero-order valence-corrected chi connectivity index (χ0v) is 45.2. The van der Waals surface area contributed by atoms with Crippen LogP contribution in [0.3, 0.4) is 0 Å². The van der Waals surface area contributed by atoms with E-state index >= 15 is 0 Å². The number of benzene rings is 9. The standard InChI is InChI=1S/C71H59BN6O2/c1-45(2)52-27-20-28-53(46(3)4)67(52)72-58-41-50(75-44-76(63-35-19-18-34-62(63)75)68-54(47-22-10-8-11-23-47)29-21-30-55(68)48-24-12-9-13-25-48)42-65(69(58)80-70-74-59-31-15-17-33-61(59)78(70)72)79-51-36-37-57-56-26-14-16-32-60(56)77(64(57)43-51)66-40-49(38-39-73-66)71(5,6)7/h8-43,45-46H,1-7H3/i8D,9D,10D,11D,12D,13D,22D,23D,24D,25D. The first kappa shape index (κ1) is 39.0. The smallest absolute Gasteiger partial charge is 0.337 e. The summed E-state index contributed by atoms with van der Waals surface area (Å²) in [5.74, 6) is 2.19. The Morgan fingerprint density at radius 2 is 1.27 bits per heavy atom. The molecule has 0 unspecified atom stereocenters. The normalized spacial score (nSPS) is 14.2. The van der Waals surface area contributed by atoms with Crippen LogP contribution in [-0.2, 0) is 5.41 Å². The second-order valence-corrected chi connectivity index (χ2v) is 22.0. The summed E-state index contributed by atoms with van der Waals surface area (Å²) in [5, 5.41) is 2.04. The molecule has 0 amide bonds. The molecule has 388 valence electrons. The molecule has 0 fully saturated rings. The highest BCUT2D eigenvalue weighted by atomic mass is 16.5. The van der Waals surface area contributed by atoms with Gasteiger partial charge in [-0.05, 0) is 122 Å². The third-order valence-electron chi connectivity index (χ3n) is 15.4. The molecule has 0 atom stereocenters. The predicted octanol–water partition coefficient (Wildman–Crippen LogP) is 16.0. The van der Waals surface area contributed by atoms with Crippen LogP contribution in [-0.4, -0.2) is 30.4 Å². The maximum Gasteiger partial charge on any atom is 0.337 e. The number of para-hydroxylation sites is 6. The number of hydrogen-bond donors (Lipinski definition) is 0. The van der Waals surface area contributed by atoms with Crippen molar-refractivity contribution >= 4 is 61.6 Å². The van der Waals surface area contributed by atoms with E-state index in [1.165, 1.54) is 0 Å². The first-order chi connectivity index (χ1) is 43.1. The van der Waals surface area contributed by atoms with E-state index in [1.807, 2.05) is 83.6 Å². The van der Waals surface area contributed by atoms with Crippen molar-refractivity contribution in [1.82, 2.24) is 23.6 Å². The van der Waals surface area contributed by atoms with E-state index in [0.29, 0.717) is 40.0 Å². The second-order valence-electron chi connectivity index (χ2n) is 22.0. The Bertz CT molecular complexity index is 5010. The molecule has 14 rings (SSSR count). The molecule has 0 spiro atoms. The molecule has 0 saturated heterocycles. The third-order valence-corrected chi connectivity index (χ3v) is 15.4. The van der Waals surface area contributed by atoms with Crippen molar-refractivity contribution in [1.29, 1.82) is 0 Å². The van der Waals surface area contributed by atoms with Gasteiger partial charge in [0.15, 0.2) is 11.5 Å². The maximum absolute atomic E-state index is 9.32. The van der Waals surface area contributed by atoms with Crippen molar-refractivity contribution in [3.8, 4) is 62.7 Å². The molecule has 1 aliphatic heterocycles. The lowest BCUT2D eigenvalue weighted by atomic mass is 9.46. The van der Waals surface area contributed by atoms with Crippen LogP contribution in [0.4, 0.5) is 0 Å². The summed E-state index contributed by atoms with van der Waals surface area (Å²) in [7, 11) is 0. The Kier molecular flexibility index (Phi) is 9.34. The lowest BCUT2D eigenvalue weighted by Crippen LogP contribution is -2.54. The number of nitrogens with zero attached hydrogens (tertiary/aromatic N) is 6. The minimum Gasteiger partial charge on any atom is -0.454 e. The molecule has 9 aromatic carbocycles. The lowest BCUT2D eigenvalue weighted by Gasteiger charge is -2.32. The van der Waals surface area contributed by atoms with Crippen molar-refractivity contribution in [2.45, 2.75) is 65.7 Å². The first-order valence-corrected chi connectivity index (χ1v) is 27.0. The number of aromatic nitrogens is 6. The van der Waals surface area contributed by atoms with E-state index < -0.39 is 67.3 Å². The number of fused-ring (bicyclic) bond motifs is 8. The van der Waals surface area contributed by atoms with Gasteiger partial charge in [-0.15, -0.1) is 0 Å². The molecular weight excluding hydrogens is 980 g/mol. The van der Waals surface area contributed by atoms with Crippen molar-refractivity contribution in [2.24, 2.45) is 0 Å². The summed E-state index contributed by atoms with van der Waals surface area (Å²) < 4.78 is 112. The highest BCUT2D eigenvalue weighted by Gasteiger charge is 2.41. The molecule has 0 saturated carbocycles. The zero-order valence-electron chi connectivity index (χ0n) is 55.2. The zero-order chi connectivity index (χ0) is 63.1. The van der Waals surface area contributed by atoms with Crippen LogP contribution in [0.5, 0.6) is 23.3 Å². The molecular formula is C71H59BN6O2. The summed E-state index contributed by atoms with van der Waals surface area (Å²) in [6, 6.07) is 44.3. The van der Waals surface area contributed by atoms with E-state index in [1.54, 1.807) is 22.8 Å². The Hall–Kier alpha value is -9.47. The van der Waals surface area contributed by atoms with Crippen LogP contribution in [0.2, 0.25) is 0 Å². The molecule has 8 nitrogen and oxygen atoms in total. The number of pyridine rings is 1. The predicted molar refractivity (Wildman–Crippen MR) is 327 cm³/mol. The van der Waals surface area contributed by atoms with E-state index in [9.17, 15) is 5.48 Å². The molecule has 13 aromatic rings. The van der Waals surface area contributed by atoms with Gasteiger partial charge in [-0.2, -0.15) is 4.98 Å². The van der Waals surface area contributed by atoms with Gasteiger partial charge < -0.3 is 14.0 Å². The molecule has 5 heterocycles. The first-order valence-electron chi connectivity index (χ1n) is 32.0. The van der Waals surface area contributed by atoms with Crippen LogP contribution in [0.15, 0.2) is 218 Å². The van der Waals surface area contributed by atoms with Gasteiger partial charge in [-0.3, -0.25) is 13.7 Å². The van der Waals surface area contributed by atoms with E-state index in [2.05, 4.69) is 125 Å². The van der Waals surface area contributed by atoms with Crippen LogP contribution in [0.25, 0.3) is 83.3 Å². The summed E-state index contributed by atoms with van der Waals surface area (Å²) in [5.41, 5.74) is 10.3. The number of ether oxygens (including phenoxy) is 2. The van der Waals surface area contributed by atoms with Gasteiger partial charge in [0.05, 0.1) is 58.2 Å². The minimum absolute atomic E-state index is 0.0836. The van der Waals surface area contributed by atoms with Gasteiger partial charge in [0.2, 0.25) is 0 Å². The van der Waals surface area contributed by atoms with Crippen LogP contribution in [0.1, 0.15) is 90.7 Å². The Morgan fingerprint density at radius 1 is 0.637 bits per heavy atom. The van der Waals surface area contributed by atoms with Crippen LogP contribution < -0.4 is 25.0 Å². The fourth-order valence-corrected chi connectivity index (χ4v) is 11.7. The molecule has 0 bridgehead atoms. The maximum atomic E-state index is 9.32. The van der Waals surface area contributed by atoms with E-state index in [0.717, 1.165) is 66.3 Å². The number of rotatable bonds is 10. The van der Waals surface area contributed by atoms with Crippen LogP contribution in [0, 0.1) is 6.33 Å². The lowest BCUT2D eigenvalue weighted by molar-refractivity contribution is -0.571. The summed E-state index contributed by atoms with van der Waals surface area (Å²) in [6.07, 6.45) is 5.49. The molecule has 0 N–H and O–H groups in total. The van der Waals surface area contributed by atoms with E-state index in [-0.39, 0.29) is 45.2 Å². The quantitative estimate of drug-likeness (QED) is 0.0778. The van der Waals surface area contributed by atoms with Gasteiger partial charge in [-0.1, -0.05) is 200 Å². The van der Waals surface area contributed by atoms with Crippen molar-refractivity contribution in [2.75, 3.05) is 0 Å². The highest BCUT2D eigenvalue weighted by molar-refractivity contribution is 6.86. The van der Waals surface area contributed by atoms with Crippen molar-refractivity contribution < 1.29 is 27.7 Å². The van der Waals surface area contributed by atoms with Gasteiger partial charge >= 0.3 is 6.85 Å². The molecule has 80 heavy (non-hydrogen) atoms. The largest absolute Gasteiger partial charge is 0.454 e. The molecule has 9 heteroatoms. The Balaban J connectivity index is 1.08. The second kappa shape index (κ2) is 19.2. The average Bonchev–Trinajstić information content (AvgIpc) is 1.41. The van der Waals surface area contributed by atoms with Crippen LogP contribution >= 0.6 is 0 Å². The average molecular weight is 1050 g/mol. The summed E-state index contributed by atoms with van der Waals surface area (Å²) >= 11 is 0. The monoisotopic (exact) mass is 1050 g/mol. The van der Waals surface area contributed by atoms with Gasteiger partial charge in [0, 0.05) is 23.0 Å². The molecule has 0 aliphatic carbocycles. The summed E-state index contributed by atoms with van der Waals surface area (Å²) in [4.78, 5) is 10.1. The highest BCUT2D eigenvalue weighted by Crippen LogP contribution is 2.43. The van der Waals surface area contributed by atoms with E-state index in [4.69, 9.17) is 27.7 Å². The summed E-state index contributed by atoms with van der Waals surface area (Å²) in [6.45, 7) is 14.8. The number of hydrogen-bond acceptors (Lipinski definition) is 4. The van der Waals surface area contributed by atoms with Gasteiger partial charge in [0.25, 0.3) is 12.3 Å². The number of imidazole rings is 2. The van der Waals surface area contributed by atoms with Crippen molar-refractivity contribution in [3.05, 3.63) is 241 Å². The SMILES string of the molecule is [2H]c1c([2H])c([2H])c(-c2cccc(-c3c([2H])c([2H])c([2H])c([2H])c3[2H])c2-[n+]2[c-]n(-c3cc(Oc4ccc5c6ccccc6n(-c6cc(C(C)(C)C)ccn6)c5c4)c4c(c3)B(c3c(C(C)C)cccc3C(C)C)n3c(nc5ccccc53)O4)c3ccccc32)c([2H])c1[2H]. The topological polar surface area (TPSA) is 62.9 Å². The Labute approximate surface area is 481 Å². The van der Waals surface area contributed by atoms with Gasteiger partial charge in [-0.25, -0.2) is 4.98 Å². The molecule has 1 aliphatic rings. The molecule has 0 radical (unpaired) electrons. The Morgan fingerprint density at radius 3 is 1.98 bits per heavy atom. The van der Waals surface area contributed by atoms with Gasteiger partial charge in [0.1, 0.15) is 11.6 Å². The fourth-order valence-electron chi connectivity index (χ4n) is 11.7. The fraction of sp³-hybridized carbons (Fsp3) is 0.141.